The Balaban J connectivity index is 1.98. The van der Waals surface area contributed by atoms with Crippen LogP contribution in [0.25, 0.3) is 0 Å². The van der Waals surface area contributed by atoms with Gasteiger partial charge in [0.25, 0.3) is 0 Å². The summed E-state index contributed by atoms with van der Waals surface area (Å²) in [5, 5.41) is 9.64. The Morgan fingerprint density at radius 1 is 1.26 bits per heavy atom. The minimum atomic E-state index is -0.0597. The fourth-order valence-corrected chi connectivity index (χ4v) is 1.85. The number of carbonyl (C=O) groups excluding carboxylic acids is 1. The van der Waals surface area contributed by atoms with E-state index in [2.05, 4.69) is 0 Å². The lowest BCUT2D eigenvalue weighted by Gasteiger charge is -2.16. The summed E-state index contributed by atoms with van der Waals surface area (Å²) in [6.45, 7) is 2.30. The zero-order valence-corrected chi connectivity index (χ0v) is 11.1. The van der Waals surface area contributed by atoms with E-state index < -0.39 is 0 Å². The summed E-state index contributed by atoms with van der Waals surface area (Å²) in [5.41, 5.74) is 0.634. The largest absolute Gasteiger partial charge is 0.508 e. The van der Waals surface area contributed by atoms with Crippen molar-refractivity contribution < 1.29 is 14.3 Å². The van der Waals surface area contributed by atoms with Crippen molar-refractivity contribution in [2.24, 2.45) is 0 Å². The Kier molecular flexibility index (Phi) is 3.90. The van der Waals surface area contributed by atoms with Crippen LogP contribution in [0.15, 0.2) is 40.8 Å². The smallest absolute Gasteiger partial charge is 0.227 e. The van der Waals surface area contributed by atoms with Gasteiger partial charge in [0.1, 0.15) is 17.3 Å². The van der Waals surface area contributed by atoms with Gasteiger partial charge in [-0.3, -0.25) is 4.79 Å². The third kappa shape index (κ3) is 3.37. The van der Waals surface area contributed by atoms with E-state index in [-0.39, 0.29) is 18.1 Å². The predicted octanol–water partition coefficient (Wildman–Crippen LogP) is 2.49. The van der Waals surface area contributed by atoms with Gasteiger partial charge in [-0.1, -0.05) is 18.2 Å². The number of phenols is 1. The number of amides is 1. The van der Waals surface area contributed by atoms with Crippen molar-refractivity contribution in [3.8, 4) is 5.75 Å². The Hall–Kier alpha value is -2.23. The van der Waals surface area contributed by atoms with Crippen LogP contribution in [0.5, 0.6) is 5.75 Å². The van der Waals surface area contributed by atoms with Crippen LogP contribution in [-0.2, 0) is 17.8 Å². The van der Waals surface area contributed by atoms with Gasteiger partial charge in [0, 0.05) is 12.6 Å². The molecule has 0 aliphatic rings. The number of likely N-dealkylation sites (N-methyl/N-ethyl adjacent to an activating group) is 1. The SMILES string of the molecule is Cc1ccc(CN(C)C(=O)Cc2ccccc2O)o1. The lowest BCUT2D eigenvalue weighted by atomic mass is 10.1. The number of aromatic hydroxyl groups is 1. The van der Waals surface area contributed by atoms with E-state index in [0.29, 0.717) is 12.1 Å². The molecule has 1 aromatic carbocycles. The first-order valence-electron chi connectivity index (χ1n) is 6.12. The first-order chi connectivity index (χ1) is 9.06. The van der Waals surface area contributed by atoms with Gasteiger partial charge in [0.05, 0.1) is 13.0 Å². The maximum atomic E-state index is 12.0. The highest BCUT2D eigenvalue weighted by molar-refractivity contribution is 5.79. The van der Waals surface area contributed by atoms with E-state index in [1.54, 1.807) is 36.2 Å². The van der Waals surface area contributed by atoms with Crippen LogP contribution in [0.2, 0.25) is 0 Å². The first kappa shape index (κ1) is 13.2. The van der Waals surface area contributed by atoms with E-state index >= 15 is 0 Å². The van der Waals surface area contributed by atoms with Crippen molar-refractivity contribution in [1.82, 2.24) is 4.90 Å². The standard InChI is InChI=1S/C15H17NO3/c1-11-7-8-13(19-11)10-16(2)15(18)9-12-5-3-4-6-14(12)17/h3-8,17H,9-10H2,1-2H3. The van der Waals surface area contributed by atoms with E-state index in [9.17, 15) is 9.90 Å². The summed E-state index contributed by atoms with van der Waals surface area (Å²) in [4.78, 5) is 13.6. The molecular formula is C15H17NO3. The second-order valence-electron chi connectivity index (χ2n) is 4.57. The van der Waals surface area contributed by atoms with Gasteiger partial charge in [0.2, 0.25) is 5.91 Å². The number of aryl methyl sites for hydroxylation is 1. The number of furan rings is 1. The van der Waals surface area contributed by atoms with Crippen molar-refractivity contribution in [1.29, 1.82) is 0 Å². The molecule has 2 rings (SSSR count). The molecule has 19 heavy (non-hydrogen) atoms. The van der Waals surface area contributed by atoms with Gasteiger partial charge in [0.15, 0.2) is 0 Å². The lowest BCUT2D eigenvalue weighted by molar-refractivity contribution is -0.129. The molecular weight excluding hydrogens is 242 g/mol. The molecule has 1 amide bonds. The molecule has 0 saturated carbocycles. The van der Waals surface area contributed by atoms with Gasteiger partial charge >= 0.3 is 0 Å². The van der Waals surface area contributed by atoms with Crippen molar-refractivity contribution in [3.05, 3.63) is 53.5 Å². The van der Waals surface area contributed by atoms with E-state index in [1.807, 2.05) is 19.1 Å². The first-order valence-corrected chi connectivity index (χ1v) is 6.12. The number of hydrogen-bond acceptors (Lipinski definition) is 3. The molecule has 0 aliphatic heterocycles. The summed E-state index contributed by atoms with van der Waals surface area (Å²) in [5.74, 6) is 1.68. The molecule has 4 nitrogen and oxygen atoms in total. The molecule has 1 N–H and O–H groups in total. The number of phenolic OH excluding ortho intramolecular Hbond substituents is 1. The fraction of sp³-hybridized carbons (Fsp3) is 0.267. The number of carbonyl (C=O) groups is 1. The fourth-order valence-electron chi connectivity index (χ4n) is 1.85. The van der Waals surface area contributed by atoms with Gasteiger partial charge in [-0.25, -0.2) is 0 Å². The van der Waals surface area contributed by atoms with Crippen molar-refractivity contribution >= 4 is 5.91 Å². The van der Waals surface area contributed by atoms with Crippen LogP contribution in [0, 0.1) is 6.92 Å². The van der Waals surface area contributed by atoms with Crippen LogP contribution in [0.4, 0.5) is 0 Å². The topological polar surface area (TPSA) is 53.7 Å². The quantitative estimate of drug-likeness (QED) is 0.917. The highest BCUT2D eigenvalue weighted by Gasteiger charge is 2.13. The van der Waals surface area contributed by atoms with Crippen LogP contribution in [0.3, 0.4) is 0 Å². The lowest BCUT2D eigenvalue weighted by Crippen LogP contribution is -2.27. The molecule has 0 aliphatic carbocycles. The number of para-hydroxylation sites is 1. The van der Waals surface area contributed by atoms with Crippen molar-refractivity contribution in [2.45, 2.75) is 19.9 Å². The number of hydrogen-bond donors (Lipinski definition) is 1. The van der Waals surface area contributed by atoms with E-state index in [1.165, 1.54) is 0 Å². The highest BCUT2D eigenvalue weighted by Crippen LogP contribution is 2.17. The molecule has 0 bridgehead atoms. The Morgan fingerprint density at radius 2 is 2.00 bits per heavy atom. The maximum absolute atomic E-state index is 12.0. The third-order valence-electron chi connectivity index (χ3n) is 2.95. The van der Waals surface area contributed by atoms with E-state index in [4.69, 9.17) is 4.42 Å². The Labute approximate surface area is 112 Å². The molecule has 0 fully saturated rings. The third-order valence-corrected chi connectivity index (χ3v) is 2.95. The van der Waals surface area contributed by atoms with E-state index in [0.717, 1.165) is 11.5 Å². The van der Waals surface area contributed by atoms with Crippen LogP contribution in [0.1, 0.15) is 17.1 Å². The molecule has 100 valence electrons. The zero-order chi connectivity index (χ0) is 13.8. The van der Waals surface area contributed by atoms with Crippen LogP contribution < -0.4 is 0 Å². The number of benzene rings is 1. The average molecular weight is 259 g/mol. The second kappa shape index (κ2) is 5.61. The molecule has 0 saturated heterocycles. The summed E-state index contributed by atoms with van der Waals surface area (Å²) in [6.07, 6.45) is 0.183. The van der Waals surface area contributed by atoms with Crippen molar-refractivity contribution in [2.75, 3.05) is 7.05 Å². The monoisotopic (exact) mass is 259 g/mol. The van der Waals surface area contributed by atoms with Gasteiger partial charge < -0.3 is 14.4 Å². The van der Waals surface area contributed by atoms with Crippen molar-refractivity contribution in [3.63, 3.8) is 0 Å². The molecule has 2 aromatic rings. The summed E-state index contributed by atoms with van der Waals surface area (Å²) in [6, 6.07) is 10.6. The zero-order valence-electron chi connectivity index (χ0n) is 11.1. The molecule has 1 aromatic heterocycles. The molecule has 4 heteroatoms. The molecule has 0 atom stereocenters. The number of rotatable bonds is 4. The molecule has 0 radical (unpaired) electrons. The minimum Gasteiger partial charge on any atom is -0.508 e. The number of nitrogens with zero attached hydrogens (tertiary/aromatic N) is 1. The summed E-state index contributed by atoms with van der Waals surface area (Å²) in [7, 11) is 1.72. The normalized spacial score (nSPS) is 10.4. The minimum absolute atomic E-state index is 0.0597. The predicted molar refractivity (Wildman–Crippen MR) is 71.7 cm³/mol. The van der Waals surface area contributed by atoms with Crippen LogP contribution in [-0.4, -0.2) is 23.0 Å². The molecule has 0 spiro atoms. The Morgan fingerprint density at radius 3 is 2.63 bits per heavy atom. The maximum Gasteiger partial charge on any atom is 0.227 e. The molecule has 0 unspecified atom stereocenters. The summed E-state index contributed by atoms with van der Waals surface area (Å²) >= 11 is 0. The second-order valence-corrected chi connectivity index (χ2v) is 4.57. The highest BCUT2D eigenvalue weighted by atomic mass is 16.3. The van der Waals surface area contributed by atoms with Gasteiger partial charge in [-0.2, -0.15) is 0 Å². The molecule has 1 heterocycles. The van der Waals surface area contributed by atoms with Gasteiger partial charge in [-0.15, -0.1) is 0 Å². The van der Waals surface area contributed by atoms with Crippen LogP contribution >= 0.6 is 0 Å². The van der Waals surface area contributed by atoms with Gasteiger partial charge in [-0.05, 0) is 25.1 Å². The summed E-state index contributed by atoms with van der Waals surface area (Å²) < 4.78 is 5.43. The Bertz CT molecular complexity index is 574. The average Bonchev–Trinajstić information content (AvgIpc) is 2.77.